The fraction of sp³-hybridized carbons (Fsp3) is 0.750. The summed E-state index contributed by atoms with van der Waals surface area (Å²) in [5, 5.41) is 4.47. The van der Waals surface area contributed by atoms with Gasteiger partial charge in [0.2, 0.25) is 5.91 Å². The van der Waals surface area contributed by atoms with E-state index in [-0.39, 0.29) is 17.9 Å². The smallest absolute Gasteiger partial charge is 0.314 e. The lowest BCUT2D eigenvalue weighted by Gasteiger charge is -2.38. The molecule has 24 heavy (non-hydrogen) atoms. The molecule has 2 saturated heterocycles. The number of urea groups is 1. The van der Waals surface area contributed by atoms with Crippen molar-refractivity contribution in [1.29, 1.82) is 0 Å². The van der Waals surface area contributed by atoms with Gasteiger partial charge in [0.25, 0.3) is 0 Å². The first-order valence-corrected chi connectivity index (χ1v) is 8.68. The Hall–Kier alpha value is -2.12. The van der Waals surface area contributed by atoms with Crippen molar-refractivity contribution in [2.75, 3.05) is 26.2 Å². The van der Waals surface area contributed by atoms with E-state index < -0.39 is 6.03 Å². The minimum absolute atomic E-state index is 0.136. The van der Waals surface area contributed by atoms with Crippen molar-refractivity contribution in [2.24, 2.45) is 11.7 Å². The molecule has 0 bridgehead atoms. The Bertz CT molecular complexity index is 628. The maximum atomic E-state index is 12.9. The second-order valence-electron chi connectivity index (χ2n) is 6.85. The molecule has 0 aliphatic carbocycles. The molecule has 2 aliphatic rings. The van der Waals surface area contributed by atoms with Crippen LogP contribution in [0.1, 0.15) is 43.4 Å². The van der Waals surface area contributed by atoms with E-state index in [2.05, 4.69) is 10.1 Å². The number of nitrogens with zero attached hydrogens (tertiary/aromatic N) is 5. The number of nitrogens with two attached hydrogens (primary N) is 1. The van der Waals surface area contributed by atoms with Crippen molar-refractivity contribution in [3.05, 3.63) is 11.6 Å². The standard InChI is InChI=1S/C16H26N6O2/c1-11-18-12(2)22(19-11)14-6-4-7-20(10-14)15(23)13-5-3-8-21(9-13)16(17)24/h13-14H,3-10H2,1-2H3,(H2,17,24). The first kappa shape index (κ1) is 16.7. The van der Waals surface area contributed by atoms with Crippen LogP contribution < -0.4 is 5.73 Å². The summed E-state index contributed by atoms with van der Waals surface area (Å²) in [5.74, 6) is 1.66. The minimum Gasteiger partial charge on any atom is -0.351 e. The number of amides is 3. The molecule has 0 spiro atoms. The van der Waals surface area contributed by atoms with Gasteiger partial charge in [0.15, 0.2) is 0 Å². The van der Waals surface area contributed by atoms with Gasteiger partial charge < -0.3 is 15.5 Å². The van der Waals surface area contributed by atoms with Gasteiger partial charge in [-0.2, -0.15) is 5.10 Å². The molecule has 2 fully saturated rings. The molecule has 2 unspecified atom stereocenters. The molecule has 132 valence electrons. The molecule has 1 aromatic heterocycles. The van der Waals surface area contributed by atoms with E-state index in [0.29, 0.717) is 19.6 Å². The van der Waals surface area contributed by atoms with Crippen LogP contribution in [0.25, 0.3) is 0 Å². The highest BCUT2D eigenvalue weighted by Gasteiger charge is 2.33. The van der Waals surface area contributed by atoms with Gasteiger partial charge in [-0.15, -0.1) is 0 Å². The Morgan fingerprint density at radius 3 is 2.46 bits per heavy atom. The van der Waals surface area contributed by atoms with E-state index in [0.717, 1.165) is 43.9 Å². The van der Waals surface area contributed by atoms with E-state index in [1.165, 1.54) is 0 Å². The van der Waals surface area contributed by atoms with Crippen LogP contribution >= 0.6 is 0 Å². The number of hydrogen-bond acceptors (Lipinski definition) is 4. The van der Waals surface area contributed by atoms with E-state index in [9.17, 15) is 9.59 Å². The van der Waals surface area contributed by atoms with Crippen molar-refractivity contribution in [3.8, 4) is 0 Å². The van der Waals surface area contributed by atoms with Crippen molar-refractivity contribution >= 4 is 11.9 Å². The number of aromatic nitrogens is 3. The molecule has 8 heteroatoms. The third-order valence-electron chi connectivity index (χ3n) is 5.04. The Morgan fingerprint density at radius 2 is 1.79 bits per heavy atom. The number of aryl methyl sites for hydroxylation is 2. The Morgan fingerprint density at radius 1 is 1.08 bits per heavy atom. The Labute approximate surface area is 142 Å². The summed E-state index contributed by atoms with van der Waals surface area (Å²) in [4.78, 5) is 32.1. The predicted molar refractivity (Wildman–Crippen MR) is 88.2 cm³/mol. The zero-order valence-corrected chi connectivity index (χ0v) is 14.4. The van der Waals surface area contributed by atoms with E-state index >= 15 is 0 Å². The fourth-order valence-electron chi connectivity index (χ4n) is 3.87. The number of piperidine rings is 2. The maximum absolute atomic E-state index is 12.9. The van der Waals surface area contributed by atoms with Gasteiger partial charge in [-0.05, 0) is 39.5 Å². The second kappa shape index (κ2) is 6.78. The number of carbonyl (C=O) groups excluding carboxylic acids is 2. The zero-order chi connectivity index (χ0) is 17.3. The van der Waals surface area contributed by atoms with Gasteiger partial charge in [0.1, 0.15) is 11.6 Å². The highest BCUT2D eigenvalue weighted by molar-refractivity contribution is 5.80. The lowest BCUT2D eigenvalue weighted by Crippen LogP contribution is -2.50. The van der Waals surface area contributed by atoms with E-state index in [1.807, 2.05) is 23.4 Å². The van der Waals surface area contributed by atoms with Crippen LogP contribution in [0, 0.1) is 19.8 Å². The lowest BCUT2D eigenvalue weighted by molar-refractivity contribution is -0.138. The van der Waals surface area contributed by atoms with Crippen LogP contribution in [-0.4, -0.2) is 62.7 Å². The highest BCUT2D eigenvalue weighted by Crippen LogP contribution is 2.25. The largest absolute Gasteiger partial charge is 0.351 e. The third-order valence-corrected chi connectivity index (χ3v) is 5.04. The van der Waals surface area contributed by atoms with Crippen LogP contribution in [0.3, 0.4) is 0 Å². The quantitative estimate of drug-likeness (QED) is 0.867. The van der Waals surface area contributed by atoms with Gasteiger partial charge >= 0.3 is 6.03 Å². The topological polar surface area (TPSA) is 97.4 Å². The van der Waals surface area contributed by atoms with Crippen molar-refractivity contribution in [2.45, 2.75) is 45.6 Å². The lowest BCUT2D eigenvalue weighted by atomic mass is 9.95. The normalized spacial score (nSPS) is 24.9. The monoisotopic (exact) mass is 334 g/mol. The molecular weight excluding hydrogens is 308 g/mol. The molecule has 0 aromatic carbocycles. The molecule has 2 N–H and O–H groups in total. The van der Waals surface area contributed by atoms with Crippen LogP contribution in [0.2, 0.25) is 0 Å². The number of carbonyl (C=O) groups is 2. The molecule has 0 saturated carbocycles. The average molecular weight is 334 g/mol. The summed E-state index contributed by atoms with van der Waals surface area (Å²) in [6.07, 6.45) is 3.62. The summed E-state index contributed by atoms with van der Waals surface area (Å²) in [6.45, 7) is 6.36. The van der Waals surface area contributed by atoms with Crippen molar-refractivity contribution in [3.63, 3.8) is 0 Å². The van der Waals surface area contributed by atoms with Gasteiger partial charge in [0.05, 0.1) is 12.0 Å². The molecule has 2 atom stereocenters. The number of rotatable bonds is 2. The van der Waals surface area contributed by atoms with Gasteiger partial charge in [-0.25, -0.2) is 14.5 Å². The van der Waals surface area contributed by atoms with Crippen molar-refractivity contribution < 1.29 is 9.59 Å². The van der Waals surface area contributed by atoms with Crippen LogP contribution in [0.15, 0.2) is 0 Å². The van der Waals surface area contributed by atoms with Crippen LogP contribution in [-0.2, 0) is 4.79 Å². The molecular formula is C16H26N6O2. The first-order chi connectivity index (χ1) is 11.5. The van der Waals surface area contributed by atoms with Crippen LogP contribution in [0.5, 0.6) is 0 Å². The van der Waals surface area contributed by atoms with E-state index in [1.54, 1.807) is 4.90 Å². The SMILES string of the molecule is Cc1nc(C)n(C2CCCN(C(=O)C3CCCN(C(N)=O)C3)C2)n1. The number of hydrogen-bond donors (Lipinski definition) is 1. The molecule has 3 amide bonds. The van der Waals surface area contributed by atoms with Crippen molar-refractivity contribution in [1.82, 2.24) is 24.6 Å². The zero-order valence-electron chi connectivity index (χ0n) is 14.4. The van der Waals surface area contributed by atoms with E-state index in [4.69, 9.17) is 5.73 Å². The number of primary amides is 1. The summed E-state index contributed by atoms with van der Waals surface area (Å²) >= 11 is 0. The van der Waals surface area contributed by atoms with Crippen LogP contribution in [0.4, 0.5) is 4.79 Å². The third kappa shape index (κ3) is 3.37. The van der Waals surface area contributed by atoms with Gasteiger partial charge in [-0.1, -0.05) is 0 Å². The average Bonchev–Trinajstić information content (AvgIpc) is 2.93. The maximum Gasteiger partial charge on any atom is 0.314 e. The minimum atomic E-state index is -0.433. The molecule has 8 nitrogen and oxygen atoms in total. The fourth-order valence-corrected chi connectivity index (χ4v) is 3.87. The Balaban J connectivity index is 1.67. The first-order valence-electron chi connectivity index (χ1n) is 8.68. The summed E-state index contributed by atoms with van der Waals surface area (Å²) in [7, 11) is 0. The molecule has 3 heterocycles. The highest BCUT2D eigenvalue weighted by atomic mass is 16.2. The molecule has 1 aromatic rings. The van der Waals surface area contributed by atoms with Gasteiger partial charge in [-0.3, -0.25) is 4.79 Å². The molecule has 3 rings (SSSR count). The summed E-state index contributed by atoms with van der Waals surface area (Å²) in [5.41, 5.74) is 5.37. The Kier molecular flexibility index (Phi) is 4.73. The predicted octanol–water partition coefficient (Wildman–Crippen LogP) is 0.849. The molecule has 2 aliphatic heterocycles. The number of likely N-dealkylation sites (tertiary alicyclic amines) is 2. The van der Waals surface area contributed by atoms with Gasteiger partial charge in [0, 0.05) is 26.2 Å². The summed E-state index contributed by atoms with van der Waals surface area (Å²) in [6, 6.07) is -0.252. The summed E-state index contributed by atoms with van der Waals surface area (Å²) < 4.78 is 1.95. The molecule has 0 radical (unpaired) electrons. The second-order valence-corrected chi connectivity index (χ2v) is 6.85.